The Morgan fingerprint density at radius 1 is 1.04 bits per heavy atom. The van der Waals surface area contributed by atoms with Crippen molar-refractivity contribution in [2.75, 3.05) is 13.6 Å². The fourth-order valence-electron chi connectivity index (χ4n) is 2.45. The molecule has 26 heavy (non-hydrogen) atoms. The lowest BCUT2D eigenvalue weighted by atomic mass is 10.0. The highest BCUT2D eigenvalue weighted by molar-refractivity contribution is 6.00. The largest absolute Gasteiger partial charge is 0.480 e. The van der Waals surface area contributed by atoms with Gasteiger partial charge in [-0.25, -0.2) is 4.79 Å². The summed E-state index contributed by atoms with van der Waals surface area (Å²) in [6.07, 6.45) is 0.180. The number of hydrogen-bond acceptors (Lipinski definition) is 3. The molecule has 0 heterocycles. The third-order valence-electron chi connectivity index (χ3n) is 4.08. The molecule has 0 saturated carbocycles. The Bertz CT molecular complexity index is 789. The molecule has 0 aliphatic rings. The van der Waals surface area contributed by atoms with Crippen molar-refractivity contribution < 1.29 is 19.5 Å². The summed E-state index contributed by atoms with van der Waals surface area (Å²) in [7, 11) is 1.68. The molecule has 0 radical (unpaired) electrons. The molecule has 6 heteroatoms. The van der Waals surface area contributed by atoms with Gasteiger partial charge < -0.3 is 15.3 Å². The van der Waals surface area contributed by atoms with E-state index in [9.17, 15) is 19.5 Å². The van der Waals surface area contributed by atoms with Crippen LogP contribution in [0.5, 0.6) is 0 Å². The summed E-state index contributed by atoms with van der Waals surface area (Å²) >= 11 is 0. The maximum Gasteiger partial charge on any atom is 0.326 e. The second kappa shape index (κ2) is 8.80. The van der Waals surface area contributed by atoms with E-state index < -0.39 is 17.9 Å². The van der Waals surface area contributed by atoms with E-state index in [1.54, 1.807) is 25.2 Å². The van der Waals surface area contributed by atoms with Crippen molar-refractivity contribution in [1.82, 2.24) is 10.2 Å². The van der Waals surface area contributed by atoms with Gasteiger partial charge >= 0.3 is 5.97 Å². The quantitative estimate of drug-likeness (QED) is 0.798. The number of aliphatic carboxylic acids is 1. The molecule has 0 aromatic heterocycles. The number of carbonyl (C=O) groups is 3. The van der Waals surface area contributed by atoms with E-state index in [2.05, 4.69) is 5.32 Å². The number of carbonyl (C=O) groups excluding carboxylic acids is 2. The molecule has 136 valence electrons. The molecular weight excluding hydrogens is 332 g/mol. The van der Waals surface area contributed by atoms with E-state index >= 15 is 0 Å². The molecular formula is C20H22N2O4. The maximum atomic E-state index is 12.5. The third-order valence-corrected chi connectivity index (χ3v) is 4.08. The van der Waals surface area contributed by atoms with Crippen LogP contribution in [0.25, 0.3) is 0 Å². The SMILES string of the molecule is CCN(C)C(=O)c1cccc(C(=O)NC(Cc2ccccc2)C(=O)O)c1. The Morgan fingerprint density at radius 3 is 2.31 bits per heavy atom. The monoisotopic (exact) mass is 354 g/mol. The Kier molecular flexibility index (Phi) is 6.49. The van der Waals surface area contributed by atoms with E-state index in [1.165, 1.54) is 11.0 Å². The van der Waals surface area contributed by atoms with Gasteiger partial charge in [0.2, 0.25) is 0 Å². The van der Waals surface area contributed by atoms with E-state index in [1.807, 2.05) is 37.3 Å². The fraction of sp³-hybridized carbons (Fsp3) is 0.250. The molecule has 0 fully saturated rings. The molecule has 0 saturated heterocycles. The van der Waals surface area contributed by atoms with Crippen LogP contribution >= 0.6 is 0 Å². The summed E-state index contributed by atoms with van der Waals surface area (Å²) in [5.41, 5.74) is 1.45. The van der Waals surface area contributed by atoms with Crippen molar-refractivity contribution in [3.05, 3.63) is 71.3 Å². The number of nitrogens with zero attached hydrogens (tertiary/aromatic N) is 1. The van der Waals surface area contributed by atoms with Gasteiger partial charge in [0, 0.05) is 31.1 Å². The van der Waals surface area contributed by atoms with E-state index in [-0.39, 0.29) is 17.9 Å². The molecule has 6 nitrogen and oxygen atoms in total. The molecule has 0 aliphatic carbocycles. The molecule has 2 aromatic carbocycles. The second-order valence-corrected chi connectivity index (χ2v) is 5.95. The summed E-state index contributed by atoms with van der Waals surface area (Å²) in [4.78, 5) is 37.7. The first-order chi connectivity index (χ1) is 12.4. The fourth-order valence-corrected chi connectivity index (χ4v) is 2.45. The average molecular weight is 354 g/mol. The first-order valence-corrected chi connectivity index (χ1v) is 8.35. The number of nitrogens with one attached hydrogen (secondary N) is 1. The van der Waals surface area contributed by atoms with Crippen LogP contribution in [-0.4, -0.2) is 47.4 Å². The van der Waals surface area contributed by atoms with Crippen LogP contribution in [0, 0.1) is 0 Å². The molecule has 2 N–H and O–H groups in total. The highest BCUT2D eigenvalue weighted by atomic mass is 16.4. The van der Waals surface area contributed by atoms with Crippen molar-refractivity contribution in [2.45, 2.75) is 19.4 Å². The molecule has 2 aromatic rings. The second-order valence-electron chi connectivity index (χ2n) is 5.95. The summed E-state index contributed by atoms with van der Waals surface area (Å²) in [5.74, 6) is -1.83. The highest BCUT2D eigenvalue weighted by Crippen LogP contribution is 2.10. The van der Waals surface area contributed by atoms with Crippen LogP contribution in [0.1, 0.15) is 33.2 Å². The molecule has 2 amide bonds. The van der Waals surface area contributed by atoms with Crippen molar-refractivity contribution in [3.63, 3.8) is 0 Å². The van der Waals surface area contributed by atoms with Crippen LogP contribution in [0.15, 0.2) is 54.6 Å². The van der Waals surface area contributed by atoms with Crippen molar-refractivity contribution in [1.29, 1.82) is 0 Å². The molecule has 1 atom stereocenters. The Balaban J connectivity index is 2.14. The van der Waals surface area contributed by atoms with Crippen LogP contribution in [0.4, 0.5) is 0 Å². The molecule has 0 aliphatic heterocycles. The molecule has 0 spiro atoms. The number of hydrogen-bond donors (Lipinski definition) is 2. The maximum absolute atomic E-state index is 12.5. The van der Waals surface area contributed by atoms with Crippen LogP contribution in [0.2, 0.25) is 0 Å². The van der Waals surface area contributed by atoms with E-state index in [4.69, 9.17) is 0 Å². The summed E-state index contributed by atoms with van der Waals surface area (Å²) in [5, 5.41) is 11.9. The average Bonchev–Trinajstić information content (AvgIpc) is 2.67. The Hall–Kier alpha value is -3.15. The zero-order valence-electron chi connectivity index (χ0n) is 14.8. The predicted octanol–water partition coefficient (Wildman–Crippen LogP) is 2.20. The Labute approximate surface area is 152 Å². The minimum Gasteiger partial charge on any atom is -0.480 e. The Morgan fingerprint density at radius 2 is 1.69 bits per heavy atom. The first kappa shape index (κ1) is 19.2. The smallest absolute Gasteiger partial charge is 0.326 e. The lowest BCUT2D eigenvalue weighted by molar-refractivity contribution is -0.139. The number of carboxylic acid groups (broad SMARTS) is 1. The number of benzene rings is 2. The topological polar surface area (TPSA) is 86.7 Å². The molecule has 2 rings (SSSR count). The number of rotatable bonds is 7. The van der Waals surface area contributed by atoms with Crippen LogP contribution in [0.3, 0.4) is 0 Å². The summed E-state index contributed by atoms with van der Waals surface area (Å²) in [6, 6.07) is 14.3. The van der Waals surface area contributed by atoms with Crippen LogP contribution in [-0.2, 0) is 11.2 Å². The van der Waals surface area contributed by atoms with Gasteiger partial charge in [0.25, 0.3) is 11.8 Å². The van der Waals surface area contributed by atoms with Gasteiger partial charge in [-0.3, -0.25) is 9.59 Å². The van der Waals surface area contributed by atoms with Gasteiger partial charge in [-0.05, 0) is 30.7 Å². The molecule has 0 bridgehead atoms. The van der Waals surface area contributed by atoms with E-state index in [0.29, 0.717) is 12.1 Å². The first-order valence-electron chi connectivity index (χ1n) is 8.35. The van der Waals surface area contributed by atoms with Crippen LogP contribution < -0.4 is 5.32 Å². The van der Waals surface area contributed by atoms with Gasteiger partial charge in [-0.15, -0.1) is 0 Å². The van der Waals surface area contributed by atoms with Gasteiger partial charge in [-0.1, -0.05) is 36.4 Å². The van der Waals surface area contributed by atoms with Gasteiger partial charge in [0.1, 0.15) is 6.04 Å². The lowest BCUT2D eigenvalue weighted by Gasteiger charge is -2.16. The summed E-state index contributed by atoms with van der Waals surface area (Å²) < 4.78 is 0. The standard InChI is InChI=1S/C20H22N2O4/c1-3-22(2)19(24)16-11-7-10-15(13-16)18(23)21-17(20(25)26)12-14-8-5-4-6-9-14/h4-11,13,17H,3,12H2,1-2H3,(H,21,23)(H,25,26). The third kappa shape index (κ3) is 4.92. The van der Waals surface area contributed by atoms with E-state index in [0.717, 1.165) is 5.56 Å². The zero-order chi connectivity index (χ0) is 19.1. The highest BCUT2D eigenvalue weighted by Gasteiger charge is 2.22. The van der Waals surface area contributed by atoms with Crippen molar-refractivity contribution in [2.24, 2.45) is 0 Å². The van der Waals surface area contributed by atoms with Gasteiger partial charge in [0.15, 0.2) is 0 Å². The van der Waals surface area contributed by atoms with Crippen molar-refractivity contribution in [3.8, 4) is 0 Å². The van der Waals surface area contributed by atoms with Crippen molar-refractivity contribution >= 4 is 17.8 Å². The van der Waals surface area contributed by atoms with Gasteiger partial charge in [0.05, 0.1) is 0 Å². The number of amides is 2. The molecule has 1 unspecified atom stereocenters. The van der Waals surface area contributed by atoms with Gasteiger partial charge in [-0.2, -0.15) is 0 Å². The minimum atomic E-state index is -1.11. The number of carboxylic acids is 1. The normalized spacial score (nSPS) is 11.5. The zero-order valence-corrected chi connectivity index (χ0v) is 14.8. The lowest BCUT2D eigenvalue weighted by Crippen LogP contribution is -2.42. The summed E-state index contributed by atoms with van der Waals surface area (Å²) in [6.45, 7) is 2.41. The minimum absolute atomic E-state index is 0.180. The predicted molar refractivity (Wildman–Crippen MR) is 98.1 cm³/mol.